The van der Waals surface area contributed by atoms with E-state index in [1.54, 1.807) is 19.6 Å². The van der Waals surface area contributed by atoms with E-state index in [4.69, 9.17) is 10.6 Å². The molecule has 0 fully saturated rings. The molecule has 0 aliphatic carbocycles. The van der Waals surface area contributed by atoms with Crippen LogP contribution in [-0.2, 0) is 18.3 Å². The van der Waals surface area contributed by atoms with Crippen LogP contribution in [0.4, 0.5) is 0 Å². The minimum Gasteiger partial charge on any atom is -0.383 e. The molecule has 3 N–H and O–H groups in total. The third-order valence-electron chi connectivity index (χ3n) is 2.80. The Hall–Kier alpha value is -1.22. The highest BCUT2D eigenvalue weighted by molar-refractivity contribution is 9.10. The molecule has 1 unspecified atom stereocenters. The number of methoxy groups -OCH3 is 1. The first-order valence-electron chi connectivity index (χ1n) is 5.81. The molecule has 2 heterocycles. The standard InChI is InChI=1S/C11H17BrN6O/c1-17-6-9(14-7-17)10(16-13)11-8(12)5-15-18(11)3-4-19-2/h5-7,10,16H,3-4,13H2,1-2H3. The molecule has 8 heteroatoms. The largest absolute Gasteiger partial charge is 0.383 e. The smallest absolute Gasteiger partial charge is 0.108 e. The lowest BCUT2D eigenvalue weighted by molar-refractivity contribution is 0.182. The van der Waals surface area contributed by atoms with Crippen LogP contribution in [-0.4, -0.2) is 33.0 Å². The van der Waals surface area contributed by atoms with Crippen molar-refractivity contribution in [3.63, 3.8) is 0 Å². The van der Waals surface area contributed by atoms with Crippen LogP contribution >= 0.6 is 15.9 Å². The van der Waals surface area contributed by atoms with E-state index < -0.39 is 0 Å². The van der Waals surface area contributed by atoms with Crippen molar-refractivity contribution in [3.05, 3.63) is 34.6 Å². The normalized spacial score (nSPS) is 12.8. The van der Waals surface area contributed by atoms with Gasteiger partial charge >= 0.3 is 0 Å². The summed E-state index contributed by atoms with van der Waals surface area (Å²) in [5, 5.41) is 4.31. The van der Waals surface area contributed by atoms with Crippen LogP contribution < -0.4 is 11.3 Å². The fraction of sp³-hybridized carbons (Fsp3) is 0.455. The molecule has 0 aliphatic rings. The van der Waals surface area contributed by atoms with E-state index in [2.05, 4.69) is 31.4 Å². The summed E-state index contributed by atoms with van der Waals surface area (Å²) in [4.78, 5) is 4.33. The van der Waals surface area contributed by atoms with Gasteiger partial charge in [-0.15, -0.1) is 0 Å². The topological polar surface area (TPSA) is 82.9 Å². The lowest BCUT2D eigenvalue weighted by Crippen LogP contribution is -2.31. The first-order valence-corrected chi connectivity index (χ1v) is 6.60. The molecule has 2 rings (SSSR count). The van der Waals surface area contributed by atoms with Crippen molar-refractivity contribution in [2.75, 3.05) is 13.7 Å². The lowest BCUT2D eigenvalue weighted by Gasteiger charge is -2.16. The molecule has 0 aliphatic heterocycles. The fourth-order valence-corrected chi connectivity index (χ4v) is 2.43. The van der Waals surface area contributed by atoms with Crippen molar-refractivity contribution in [2.24, 2.45) is 12.9 Å². The highest BCUT2D eigenvalue weighted by Gasteiger charge is 2.22. The van der Waals surface area contributed by atoms with Crippen molar-refractivity contribution < 1.29 is 4.74 Å². The van der Waals surface area contributed by atoms with Gasteiger partial charge in [0.1, 0.15) is 6.04 Å². The number of hydrazine groups is 1. The molecule has 0 saturated carbocycles. The molecular weight excluding hydrogens is 312 g/mol. The zero-order valence-electron chi connectivity index (χ0n) is 10.9. The quantitative estimate of drug-likeness (QED) is 0.598. The van der Waals surface area contributed by atoms with Crippen LogP contribution in [0.2, 0.25) is 0 Å². The van der Waals surface area contributed by atoms with Gasteiger partial charge in [0.05, 0.1) is 41.5 Å². The van der Waals surface area contributed by atoms with Gasteiger partial charge in [0, 0.05) is 20.4 Å². The minimum absolute atomic E-state index is 0.227. The molecule has 104 valence electrons. The van der Waals surface area contributed by atoms with Gasteiger partial charge in [-0.2, -0.15) is 5.10 Å². The Labute approximate surface area is 119 Å². The summed E-state index contributed by atoms with van der Waals surface area (Å²) in [6.45, 7) is 1.24. The molecule has 0 radical (unpaired) electrons. The molecule has 1 atom stereocenters. The average Bonchev–Trinajstić information content (AvgIpc) is 2.97. The lowest BCUT2D eigenvalue weighted by atomic mass is 10.1. The third kappa shape index (κ3) is 3.03. The van der Waals surface area contributed by atoms with Crippen molar-refractivity contribution >= 4 is 15.9 Å². The molecule has 0 amide bonds. The summed E-state index contributed by atoms with van der Waals surface area (Å²) >= 11 is 3.50. The number of halogens is 1. The van der Waals surface area contributed by atoms with E-state index in [0.717, 1.165) is 15.9 Å². The van der Waals surface area contributed by atoms with Crippen LogP contribution in [0, 0.1) is 0 Å². The second-order valence-electron chi connectivity index (χ2n) is 4.16. The summed E-state index contributed by atoms with van der Waals surface area (Å²) in [6.07, 6.45) is 5.41. The van der Waals surface area contributed by atoms with Crippen molar-refractivity contribution in [3.8, 4) is 0 Å². The van der Waals surface area contributed by atoms with Gasteiger partial charge in [0.15, 0.2) is 0 Å². The summed E-state index contributed by atoms with van der Waals surface area (Å²) in [7, 11) is 3.58. The van der Waals surface area contributed by atoms with E-state index in [0.29, 0.717) is 13.2 Å². The van der Waals surface area contributed by atoms with Gasteiger partial charge in [-0.3, -0.25) is 10.5 Å². The third-order valence-corrected chi connectivity index (χ3v) is 3.41. The van der Waals surface area contributed by atoms with E-state index in [9.17, 15) is 0 Å². The van der Waals surface area contributed by atoms with E-state index in [1.807, 2.05) is 22.5 Å². The zero-order valence-corrected chi connectivity index (χ0v) is 12.5. The number of ether oxygens (including phenoxy) is 1. The summed E-state index contributed by atoms with van der Waals surface area (Å²) in [5.74, 6) is 5.68. The van der Waals surface area contributed by atoms with Gasteiger partial charge in [-0.05, 0) is 15.9 Å². The first-order chi connectivity index (χ1) is 9.17. The van der Waals surface area contributed by atoms with Crippen LogP contribution in [0.15, 0.2) is 23.2 Å². The van der Waals surface area contributed by atoms with Crippen molar-refractivity contribution in [1.29, 1.82) is 0 Å². The van der Waals surface area contributed by atoms with Gasteiger partial charge in [-0.25, -0.2) is 10.4 Å². The van der Waals surface area contributed by atoms with E-state index >= 15 is 0 Å². The van der Waals surface area contributed by atoms with Crippen molar-refractivity contribution in [2.45, 2.75) is 12.6 Å². The number of hydrogen-bond donors (Lipinski definition) is 2. The predicted molar refractivity (Wildman–Crippen MR) is 74.2 cm³/mol. The molecule has 0 spiro atoms. The maximum atomic E-state index is 5.68. The van der Waals surface area contributed by atoms with Gasteiger partial charge in [0.25, 0.3) is 0 Å². The highest BCUT2D eigenvalue weighted by Crippen LogP contribution is 2.27. The Bertz CT molecular complexity index is 537. The molecule has 0 aromatic carbocycles. The summed E-state index contributed by atoms with van der Waals surface area (Å²) in [6, 6.07) is -0.227. The Balaban J connectivity index is 2.34. The minimum atomic E-state index is -0.227. The summed E-state index contributed by atoms with van der Waals surface area (Å²) in [5.41, 5.74) is 4.55. The van der Waals surface area contributed by atoms with E-state index in [-0.39, 0.29) is 6.04 Å². The number of aryl methyl sites for hydroxylation is 1. The van der Waals surface area contributed by atoms with Crippen LogP contribution in [0.25, 0.3) is 0 Å². The van der Waals surface area contributed by atoms with Gasteiger partial charge in [0.2, 0.25) is 0 Å². The number of imidazole rings is 1. The van der Waals surface area contributed by atoms with Gasteiger partial charge in [-0.1, -0.05) is 0 Å². The Kier molecular flexibility index (Phi) is 4.70. The molecule has 7 nitrogen and oxygen atoms in total. The Morgan fingerprint density at radius 1 is 1.58 bits per heavy atom. The molecule has 2 aromatic rings. The van der Waals surface area contributed by atoms with Crippen LogP contribution in [0.1, 0.15) is 17.4 Å². The highest BCUT2D eigenvalue weighted by atomic mass is 79.9. The monoisotopic (exact) mass is 328 g/mol. The molecule has 0 saturated heterocycles. The average molecular weight is 329 g/mol. The van der Waals surface area contributed by atoms with Gasteiger partial charge < -0.3 is 9.30 Å². The van der Waals surface area contributed by atoms with Crippen molar-refractivity contribution in [1.82, 2.24) is 24.8 Å². The second-order valence-corrected chi connectivity index (χ2v) is 5.01. The predicted octanol–water partition coefficient (Wildman–Crippen LogP) is 0.578. The number of nitrogens with one attached hydrogen (secondary N) is 1. The molecule has 0 bridgehead atoms. The molecular formula is C11H17BrN6O. The number of aromatic nitrogens is 4. The second kappa shape index (κ2) is 6.29. The number of nitrogens with two attached hydrogens (primary N) is 1. The van der Waals surface area contributed by atoms with E-state index in [1.165, 1.54) is 0 Å². The summed E-state index contributed by atoms with van der Waals surface area (Å²) < 4.78 is 9.70. The van der Waals surface area contributed by atoms with Crippen LogP contribution in [0.5, 0.6) is 0 Å². The number of nitrogens with zero attached hydrogens (tertiary/aromatic N) is 4. The SMILES string of the molecule is COCCn1ncc(Br)c1C(NN)c1cn(C)cn1. The first kappa shape index (κ1) is 14.2. The molecule has 19 heavy (non-hydrogen) atoms. The Morgan fingerprint density at radius 3 is 2.95 bits per heavy atom. The fourth-order valence-electron chi connectivity index (χ4n) is 1.90. The maximum absolute atomic E-state index is 5.68. The Morgan fingerprint density at radius 2 is 2.37 bits per heavy atom. The van der Waals surface area contributed by atoms with Crippen LogP contribution in [0.3, 0.4) is 0 Å². The maximum Gasteiger partial charge on any atom is 0.108 e. The number of rotatable bonds is 6. The number of hydrogen-bond acceptors (Lipinski definition) is 5. The molecule has 2 aromatic heterocycles. The zero-order chi connectivity index (χ0) is 13.8.